The summed E-state index contributed by atoms with van der Waals surface area (Å²) in [6, 6.07) is 8.37. The number of benzene rings is 1. The largest absolute Gasteiger partial charge is 0.467 e. The van der Waals surface area contributed by atoms with Crippen molar-refractivity contribution in [1.82, 2.24) is 10.6 Å². The fourth-order valence-corrected chi connectivity index (χ4v) is 2.59. The van der Waals surface area contributed by atoms with Gasteiger partial charge in [-0.05, 0) is 49.6 Å². The van der Waals surface area contributed by atoms with Crippen LogP contribution in [0.15, 0.2) is 41.0 Å². The number of amides is 3. The lowest BCUT2D eigenvalue weighted by atomic mass is 10.2. The van der Waals surface area contributed by atoms with Crippen LogP contribution in [0.4, 0.5) is 10.5 Å². The maximum atomic E-state index is 12.2. The van der Waals surface area contributed by atoms with Crippen molar-refractivity contribution in [3.05, 3.63) is 52.9 Å². The van der Waals surface area contributed by atoms with Crippen LogP contribution in [-0.4, -0.2) is 31.1 Å². The molecular weight excluding hydrogens is 370 g/mol. The molecule has 1 aliphatic rings. The molecule has 144 valence electrons. The van der Waals surface area contributed by atoms with Crippen LogP contribution in [0, 0.1) is 0 Å². The zero-order chi connectivity index (χ0) is 19.1. The maximum absolute atomic E-state index is 12.2. The zero-order valence-corrected chi connectivity index (χ0v) is 15.6. The van der Waals surface area contributed by atoms with Crippen molar-refractivity contribution < 1.29 is 18.7 Å². The van der Waals surface area contributed by atoms with E-state index in [2.05, 4.69) is 16.0 Å². The lowest BCUT2D eigenvalue weighted by molar-refractivity contribution is 0.0951. The predicted octanol–water partition coefficient (Wildman–Crippen LogP) is 3.55. The van der Waals surface area contributed by atoms with Gasteiger partial charge in [-0.2, -0.15) is 0 Å². The number of ether oxygens (including phenoxy) is 1. The molecule has 7 nitrogen and oxygen atoms in total. The van der Waals surface area contributed by atoms with Gasteiger partial charge < -0.3 is 25.1 Å². The highest BCUT2D eigenvalue weighted by Gasteiger charge is 2.24. The average molecular weight is 392 g/mol. The normalized spacial score (nSPS) is 13.2. The molecule has 3 rings (SSSR count). The van der Waals surface area contributed by atoms with Gasteiger partial charge in [-0.1, -0.05) is 11.6 Å². The summed E-state index contributed by atoms with van der Waals surface area (Å²) in [5.74, 6) is 0.547. The summed E-state index contributed by atoms with van der Waals surface area (Å²) in [4.78, 5) is 24.1. The van der Waals surface area contributed by atoms with Crippen molar-refractivity contribution in [2.24, 2.45) is 0 Å². The molecule has 0 bridgehead atoms. The number of furan rings is 1. The summed E-state index contributed by atoms with van der Waals surface area (Å²) in [5.41, 5.74) is 0.861. The summed E-state index contributed by atoms with van der Waals surface area (Å²) in [5, 5.41) is 8.68. The lowest BCUT2D eigenvalue weighted by Crippen LogP contribution is -2.30. The summed E-state index contributed by atoms with van der Waals surface area (Å²) in [6.45, 7) is 1.38. The second-order valence-electron chi connectivity index (χ2n) is 6.31. The minimum absolute atomic E-state index is 0.222. The maximum Gasteiger partial charge on any atom is 0.319 e. The average Bonchev–Trinajstić information content (AvgIpc) is 3.30. The molecule has 0 spiro atoms. The predicted molar refractivity (Wildman–Crippen MR) is 102 cm³/mol. The third kappa shape index (κ3) is 6.30. The Kier molecular flexibility index (Phi) is 6.73. The van der Waals surface area contributed by atoms with Gasteiger partial charge in [-0.25, -0.2) is 4.79 Å². The minimum Gasteiger partial charge on any atom is -0.467 e. The van der Waals surface area contributed by atoms with Crippen molar-refractivity contribution >= 4 is 29.2 Å². The van der Waals surface area contributed by atoms with Crippen LogP contribution in [0.2, 0.25) is 5.02 Å². The van der Waals surface area contributed by atoms with E-state index in [4.69, 9.17) is 20.8 Å². The van der Waals surface area contributed by atoms with Gasteiger partial charge in [0.15, 0.2) is 0 Å². The van der Waals surface area contributed by atoms with Gasteiger partial charge in [0.1, 0.15) is 12.4 Å². The Morgan fingerprint density at radius 3 is 2.85 bits per heavy atom. The number of hydrogen-bond acceptors (Lipinski definition) is 4. The van der Waals surface area contributed by atoms with E-state index in [9.17, 15) is 9.59 Å². The summed E-state index contributed by atoms with van der Waals surface area (Å²) >= 11 is 6.09. The molecule has 1 aromatic heterocycles. The Morgan fingerprint density at radius 1 is 1.26 bits per heavy atom. The SMILES string of the molecule is O=C(NCCCOCc1ccco1)Nc1ccc(Cl)c(C(=O)NC2CC2)c1. The molecule has 0 radical (unpaired) electrons. The summed E-state index contributed by atoms with van der Waals surface area (Å²) < 4.78 is 10.6. The van der Waals surface area contributed by atoms with Gasteiger partial charge in [-0.15, -0.1) is 0 Å². The van der Waals surface area contributed by atoms with E-state index in [1.165, 1.54) is 0 Å². The molecule has 1 fully saturated rings. The second-order valence-corrected chi connectivity index (χ2v) is 6.72. The molecule has 0 saturated heterocycles. The molecule has 1 aromatic carbocycles. The van der Waals surface area contributed by atoms with Crippen LogP contribution in [0.1, 0.15) is 35.4 Å². The molecule has 1 heterocycles. The fraction of sp³-hybridized carbons (Fsp3) is 0.368. The van der Waals surface area contributed by atoms with E-state index in [1.807, 2.05) is 12.1 Å². The van der Waals surface area contributed by atoms with E-state index < -0.39 is 0 Å². The Balaban J connectivity index is 1.37. The molecule has 3 amide bonds. The van der Waals surface area contributed by atoms with Crippen LogP contribution in [0.3, 0.4) is 0 Å². The van der Waals surface area contributed by atoms with E-state index in [-0.39, 0.29) is 18.0 Å². The third-order valence-corrected chi connectivity index (χ3v) is 4.29. The number of carbonyl (C=O) groups is 2. The van der Waals surface area contributed by atoms with E-state index in [0.717, 1.165) is 18.6 Å². The van der Waals surface area contributed by atoms with E-state index >= 15 is 0 Å². The van der Waals surface area contributed by atoms with Gasteiger partial charge in [0.05, 0.1) is 16.8 Å². The monoisotopic (exact) mass is 391 g/mol. The zero-order valence-electron chi connectivity index (χ0n) is 14.8. The molecule has 27 heavy (non-hydrogen) atoms. The van der Waals surface area contributed by atoms with Crippen LogP contribution in [-0.2, 0) is 11.3 Å². The quantitative estimate of drug-likeness (QED) is 0.570. The number of nitrogens with one attached hydrogen (secondary N) is 3. The van der Waals surface area contributed by atoms with Crippen LogP contribution < -0.4 is 16.0 Å². The Hall–Kier alpha value is -2.51. The van der Waals surface area contributed by atoms with Gasteiger partial charge in [0, 0.05) is 24.9 Å². The molecule has 0 unspecified atom stereocenters. The second kappa shape index (κ2) is 9.43. The first kappa shape index (κ1) is 19.3. The first-order valence-corrected chi connectivity index (χ1v) is 9.25. The first-order chi connectivity index (χ1) is 13.1. The van der Waals surface area contributed by atoms with Crippen molar-refractivity contribution in [3.8, 4) is 0 Å². The van der Waals surface area contributed by atoms with Crippen molar-refractivity contribution in [2.75, 3.05) is 18.5 Å². The van der Waals surface area contributed by atoms with Crippen LogP contribution in [0.5, 0.6) is 0 Å². The Bertz CT molecular complexity index is 775. The number of hydrogen-bond donors (Lipinski definition) is 3. The van der Waals surface area contributed by atoms with Gasteiger partial charge in [0.25, 0.3) is 5.91 Å². The van der Waals surface area contributed by atoms with Crippen LogP contribution in [0.25, 0.3) is 0 Å². The highest BCUT2D eigenvalue weighted by Crippen LogP contribution is 2.23. The first-order valence-electron chi connectivity index (χ1n) is 8.87. The summed E-state index contributed by atoms with van der Waals surface area (Å²) in [6.07, 6.45) is 4.26. The molecule has 2 aromatic rings. The molecule has 0 atom stereocenters. The van der Waals surface area contributed by atoms with E-state index in [0.29, 0.717) is 42.5 Å². The number of rotatable bonds is 9. The van der Waals surface area contributed by atoms with Gasteiger partial charge >= 0.3 is 6.03 Å². The highest BCUT2D eigenvalue weighted by molar-refractivity contribution is 6.34. The molecule has 1 aliphatic carbocycles. The van der Waals surface area contributed by atoms with Crippen molar-refractivity contribution in [2.45, 2.75) is 31.9 Å². The van der Waals surface area contributed by atoms with Gasteiger partial charge in [0.2, 0.25) is 0 Å². The number of halogens is 1. The van der Waals surface area contributed by atoms with Crippen molar-refractivity contribution in [1.29, 1.82) is 0 Å². The van der Waals surface area contributed by atoms with Gasteiger partial charge in [-0.3, -0.25) is 4.79 Å². The standard InChI is InChI=1S/C19H22ClN3O4/c20-17-7-6-14(11-16(17)18(24)22-13-4-5-13)23-19(25)21-8-2-9-26-12-15-3-1-10-27-15/h1,3,6-7,10-11,13H,2,4-5,8-9,12H2,(H,22,24)(H2,21,23,25). The third-order valence-electron chi connectivity index (χ3n) is 3.96. The van der Waals surface area contributed by atoms with Crippen LogP contribution >= 0.6 is 11.6 Å². The lowest BCUT2D eigenvalue weighted by Gasteiger charge is -2.10. The summed E-state index contributed by atoms with van der Waals surface area (Å²) in [7, 11) is 0. The minimum atomic E-state index is -0.350. The molecule has 8 heteroatoms. The number of carbonyl (C=O) groups excluding carboxylic acids is 2. The smallest absolute Gasteiger partial charge is 0.319 e. The molecule has 1 saturated carbocycles. The van der Waals surface area contributed by atoms with E-state index in [1.54, 1.807) is 24.5 Å². The topological polar surface area (TPSA) is 92.6 Å². The van der Waals surface area contributed by atoms with Crippen molar-refractivity contribution in [3.63, 3.8) is 0 Å². The highest BCUT2D eigenvalue weighted by atomic mass is 35.5. The Labute approximate surface area is 162 Å². The fourth-order valence-electron chi connectivity index (χ4n) is 2.39. The Morgan fingerprint density at radius 2 is 2.11 bits per heavy atom. The molecule has 3 N–H and O–H groups in total. The molecule has 0 aliphatic heterocycles. The number of urea groups is 1. The number of anilines is 1. The molecular formula is C19H22ClN3O4.